The van der Waals surface area contributed by atoms with Crippen molar-refractivity contribution in [3.8, 4) is 0 Å². The number of benzene rings is 2. The standard InChI is InChI=1S/C25H29ClFN5O2/c1-16(21-7-5-18(26)11-22(21)27)32-24-12-19(6-4-17(24)13-29-32)30-9-10-31(20(14-30)15-33)25(34)23-3-2-8-28-23/h4-7,11-13,16,20,23,28,33H,2-3,8-10,14-15H2,1H3/t16?,20-,23?/m0/s1. The van der Waals surface area contributed by atoms with Crippen molar-refractivity contribution in [3.63, 3.8) is 0 Å². The Labute approximate surface area is 203 Å². The van der Waals surface area contributed by atoms with Crippen LogP contribution >= 0.6 is 11.6 Å². The molecule has 2 saturated heterocycles. The van der Waals surface area contributed by atoms with Crippen molar-refractivity contribution in [1.82, 2.24) is 20.0 Å². The summed E-state index contributed by atoms with van der Waals surface area (Å²) in [6.45, 7) is 4.49. The molecule has 180 valence electrons. The summed E-state index contributed by atoms with van der Waals surface area (Å²) in [4.78, 5) is 17.0. The number of aliphatic hydroxyl groups is 1. The zero-order valence-corrected chi connectivity index (χ0v) is 19.9. The highest BCUT2D eigenvalue weighted by molar-refractivity contribution is 6.30. The van der Waals surface area contributed by atoms with E-state index in [4.69, 9.17) is 11.6 Å². The van der Waals surface area contributed by atoms with Crippen LogP contribution < -0.4 is 10.2 Å². The number of rotatable bonds is 5. The number of amides is 1. The quantitative estimate of drug-likeness (QED) is 0.580. The van der Waals surface area contributed by atoms with Gasteiger partial charge in [-0.05, 0) is 56.6 Å². The Kier molecular flexibility index (Phi) is 6.46. The summed E-state index contributed by atoms with van der Waals surface area (Å²) in [5, 5.41) is 19.2. The maximum atomic E-state index is 14.6. The van der Waals surface area contributed by atoms with Gasteiger partial charge in [-0.2, -0.15) is 5.10 Å². The zero-order valence-electron chi connectivity index (χ0n) is 19.1. The second kappa shape index (κ2) is 9.52. The zero-order chi connectivity index (χ0) is 23.8. The van der Waals surface area contributed by atoms with E-state index in [1.165, 1.54) is 6.07 Å². The number of aliphatic hydroxyl groups excluding tert-OH is 1. The highest BCUT2D eigenvalue weighted by atomic mass is 35.5. The fraction of sp³-hybridized carbons (Fsp3) is 0.440. The number of piperazine rings is 1. The Hall–Kier alpha value is -2.68. The number of nitrogens with zero attached hydrogens (tertiary/aromatic N) is 4. The molecule has 3 atom stereocenters. The normalized spacial score (nSPS) is 21.9. The fourth-order valence-electron chi connectivity index (χ4n) is 5.14. The predicted octanol–water partition coefficient (Wildman–Crippen LogP) is 3.20. The number of hydrogen-bond acceptors (Lipinski definition) is 5. The lowest BCUT2D eigenvalue weighted by atomic mass is 10.1. The van der Waals surface area contributed by atoms with Crippen LogP contribution in [0.5, 0.6) is 0 Å². The highest BCUT2D eigenvalue weighted by Gasteiger charge is 2.35. The van der Waals surface area contributed by atoms with Gasteiger partial charge in [0.05, 0.1) is 36.4 Å². The van der Waals surface area contributed by atoms with Crippen LogP contribution in [0.1, 0.15) is 31.4 Å². The molecule has 1 amide bonds. The smallest absolute Gasteiger partial charge is 0.240 e. The second-order valence-electron chi connectivity index (χ2n) is 9.14. The number of aromatic nitrogens is 2. The molecule has 0 aliphatic carbocycles. The summed E-state index contributed by atoms with van der Waals surface area (Å²) in [6, 6.07) is 10.1. The summed E-state index contributed by atoms with van der Waals surface area (Å²) in [6.07, 6.45) is 3.64. The molecule has 2 aromatic carbocycles. The average Bonchev–Trinajstić information content (AvgIpc) is 3.53. The maximum Gasteiger partial charge on any atom is 0.240 e. The average molecular weight is 486 g/mol. The molecule has 9 heteroatoms. The number of halogens is 2. The SMILES string of the molecule is CC(c1ccc(Cl)cc1F)n1ncc2ccc(N3CCN(C(=O)C4CCCN4)[C@H](CO)C3)cc21. The van der Waals surface area contributed by atoms with E-state index >= 15 is 0 Å². The van der Waals surface area contributed by atoms with Gasteiger partial charge in [-0.1, -0.05) is 17.7 Å². The summed E-state index contributed by atoms with van der Waals surface area (Å²) in [5.74, 6) is -0.272. The van der Waals surface area contributed by atoms with Crippen LogP contribution in [0.4, 0.5) is 10.1 Å². The molecule has 2 N–H and O–H groups in total. The number of nitrogens with one attached hydrogen (secondary N) is 1. The molecule has 2 fully saturated rings. The number of hydrogen-bond donors (Lipinski definition) is 2. The summed E-state index contributed by atoms with van der Waals surface area (Å²) < 4.78 is 16.4. The van der Waals surface area contributed by atoms with Crippen LogP contribution in [0.3, 0.4) is 0 Å². The van der Waals surface area contributed by atoms with Crippen molar-refractivity contribution in [3.05, 3.63) is 59.0 Å². The summed E-state index contributed by atoms with van der Waals surface area (Å²) >= 11 is 5.92. The Morgan fingerprint density at radius 3 is 2.88 bits per heavy atom. The van der Waals surface area contributed by atoms with E-state index in [-0.39, 0.29) is 36.5 Å². The van der Waals surface area contributed by atoms with Gasteiger partial charge in [0, 0.05) is 41.3 Å². The van der Waals surface area contributed by atoms with Crippen molar-refractivity contribution in [2.45, 2.75) is 37.9 Å². The Morgan fingerprint density at radius 2 is 2.15 bits per heavy atom. The second-order valence-corrected chi connectivity index (χ2v) is 9.57. The maximum absolute atomic E-state index is 14.6. The third-order valence-electron chi connectivity index (χ3n) is 7.06. The number of carbonyl (C=O) groups excluding carboxylic acids is 1. The first-order valence-corrected chi connectivity index (χ1v) is 12.2. The van der Waals surface area contributed by atoms with Crippen LogP contribution in [0.15, 0.2) is 42.6 Å². The molecule has 1 aromatic heterocycles. The molecule has 2 unspecified atom stereocenters. The van der Waals surface area contributed by atoms with Gasteiger partial charge in [0.15, 0.2) is 0 Å². The minimum atomic E-state index is -0.358. The van der Waals surface area contributed by atoms with E-state index in [2.05, 4.69) is 21.4 Å². The van der Waals surface area contributed by atoms with Gasteiger partial charge < -0.3 is 20.2 Å². The minimum absolute atomic E-state index is 0.0813. The van der Waals surface area contributed by atoms with Crippen LogP contribution in [-0.4, -0.2) is 70.6 Å². The van der Waals surface area contributed by atoms with Gasteiger partial charge >= 0.3 is 0 Å². The van der Waals surface area contributed by atoms with Crippen LogP contribution in [0, 0.1) is 5.82 Å². The van der Waals surface area contributed by atoms with Gasteiger partial charge in [0.1, 0.15) is 5.82 Å². The van der Waals surface area contributed by atoms with E-state index < -0.39 is 0 Å². The molecule has 0 saturated carbocycles. The molecule has 2 aliphatic rings. The Bertz CT molecular complexity index is 1200. The van der Waals surface area contributed by atoms with E-state index in [9.17, 15) is 14.3 Å². The Balaban J connectivity index is 1.39. The molecule has 0 spiro atoms. The number of anilines is 1. The molecular formula is C25H29ClFN5O2. The third kappa shape index (κ3) is 4.26. The van der Waals surface area contributed by atoms with Crippen molar-refractivity contribution >= 4 is 34.1 Å². The third-order valence-corrected chi connectivity index (χ3v) is 7.30. The van der Waals surface area contributed by atoms with Gasteiger partial charge in [-0.3, -0.25) is 9.48 Å². The largest absolute Gasteiger partial charge is 0.394 e. The fourth-order valence-corrected chi connectivity index (χ4v) is 5.29. The molecular weight excluding hydrogens is 457 g/mol. The molecule has 2 aliphatic heterocycles. The molecule has 5 rings (SSSR count). The molecule has 0 bridgehead atoms. The first-order valence-electron chi connectivity index (χ1n) is 11.8. The lowest BCUT2D eigenvalue weighted by Gasteiger charge is -2.42. The van der Waals surface area contributed by atoms with Gasteiger partial charge in [0.2, 0.25) is 5.91 Å². The lowest BCUT2D eigenvalue weighted by molar-refractivity contribution is -0.136. The Morgan fingerprint density at radius 1 is 1.29 bits per heavy atom. The van der Waals surface area contributed by atoms with Crippen LogP contribution in [0.25, 0.3) is 10.9 Å². The van der Waals surface area contributed by atoms with Crippen molar-refractivity contribution in [2.24, 2.45) is 0 Å². The topological polar surface area (TPSA) is 73.6 Å². The molecule has 0 radical (unpaired) electrons. The van der Waals surface area contributed by atoms with Crippen LogP contribution in [-0.2, 0) is 4.79 Å². The number of carbonyl (C=O) groups is 1. The first-order chi connectivity index (χ1) is 16.5. The van der Waals surface area contributed by atoms with Gasteiger partial charge in [-0.15, -0.1) is 0 Å². The monoisotopic (exact) mass is 485 g/mol. The summed E-state index contributed by atoms with van der Waals surface area (Å²) in [5.41, 5.74) is 2.41. The minimum Gasteiger partial charge on any atom is -0.394 e. The van der Waals surface area contributed by atoms with Crippen molar-refractivity contribution in [1.29, 1.82) is 0 Å². The van der Waals surface area contributed by atoms with Gasteiger partial charge in [0.25, 0.3) is 0 Å². The molecule has 3 heterocycles. The summed E-state index contributed by atoms with van der Waals surface area (Å²) in [7, 11) is 0. The van der Waals surface area contributed by atoms with Crippen molar-refractivity contribution in [2.75, 3.05) is 37.7 Å². The lowest BCUT2D eigenvalue weighted by Crippen LogP contribution is -2.59. The van der Waals surface area contributed by atoms with E-state index in [0.29, 0.717) is 30.2 Å². The molecule has 34 heavy (non-hydrogen) atoms. The molecule has 3 aromatic rings. The predicted molar refractivity (Wildman–Crippen MR) is 131 cm³/mol. The number of fused-ring (bicyclic) bond motifs is 1. The van der Waals surface area contributed by atoms with E-state index in [1.54, 1.807) is 18.3 Å². The first kappa shape index (κ1) is 23.1. The van der Waals surface area contributed by atoms with Crippen molar-refractivity contribution < 1.29 is 14.3 Å². The highest BCUT2D eigenvalue weighted by Crippen LogP contribution is 2.30. The van der Waals surface area contributed by atoms with E-state index in [1.807, 2.05) is 28.6 Å². The van der Waals surface area contributed by atoms with Gasteiger partial charge in [-0.25, -0.2) is 4.39 Å². The van der Waals surface area contributed by atoms with E-state index in [0.717, 1.165) is 36.0 Å². The molecule has 7 nitrogen and oxygen atoms in total. The van der Waals surface area contributed by atoms with Crippen LogP contribution in [0.2, 0.25) is 5.02 Å².